The Kier molecular flexibility index (Phi) is 3.95. The lowest BCUT2D eigenvalue weighted by Crippen LogP contribution is -2.17. The zero-order chi connectivity index (χ0) is 13.1. The summed E-state index contributed by atoms with van der Waals surface area (Å²) < 4.78 is 37.7. The summed E-state index contributed by atoms with van der Waals surface area (Å²) in [6.45, 7) is 0. The summed E-state index contributed by atoms with van der Waals surface area (Å²) in [7, 11) is 0. The molecule has 8 heteroatoms. The van der Waals surface area contributed by atoms with Crippen molar-refractivity contribution in [3.05, 3.63) is 28.8 Å². The Morgan fingerprint density at radius 3 is 2.65 bits per heavy atom. The fourth-order valence-electron chi connectivity index (χ4n) is 1.08. The summed E-state index contributed by atoms with van der Waals surface area (Å²) in [6.07, 6.45) is -4.21. The third kappa shape index (κ3) is 3.63. The van der Waals surface area contributed by atoms with Crippen molar-refractivity contribution >= 4 is 29.4 Å². The molecule has 1 aromatic rings. The van der Waals surface area contributed by atoms with Gasteiger partial charge in [0.15, 0.2) is 0 Å². The Balaban J connectivity index is 3.11. The highest BCUT2D eigenvalue weighted by Crippen LogP contribution is 2.36. The highest BCUT2D eigenvalue weighted by molar-refractivity contribution is 6.32. The quantitative estimate of drug-likeness (QED) is 0.491. The minimum atomic E-state index is -4.65. The topological polar surface area (TPSA) is 61.7 Å². The van der Waals surface area contributed by atoms with E-state index in [1.807, 2.05) is 5.32 Å². The summed E-state index contributed by atoms with van der Waals surface area (Å²) in [4.78, 5) is 11.0. The van der Waals surface area contributed by atoms with Gasteiger partial charge in [-0.2, -0.15) is 13.2 Å². The largest absolute Gasteiger partial charge is 0.418 e. The molecule has 0 spiro atoms. The minimum absolute atomic E-state index is 0.105. The Bertz CT molecular complexity index is 460. The maximum absolute atomic E-state index is 12.6. The maximum Gasteiger partial charge on any atom is 0.418 e. The molecule has 2 N–H and O–H groups in total. The van der Waals surface area contributed by atoms with Crippen LogP contribution in [0.4, 0.5) is 18.9 Å². The van der Waals surface area contributed by atoms with Gasteiger partial charge in [0.2, 0.25) is 0 Å². The second-order valence-corrected chi connectivity index (χ2v) is 3.36. The van der Waals surface area contributed by atoms with E-state index in [1.165, 1.54) is 6.07 Å². The summed E-state index contributed by atoms with van der Waals surface area (Å²) in [5.74, 6) is -0.986. The lowest BCUT2D eigenvalue weighted by Gasteiger charge is -2.12. The van der Waals surface area contributed by atoms with E-state index in [2.05, 4.69) is 5.16 Å². The van der Waals surface area contributed by atoms with Crippen LogP contribution in [-0.2, 0) is 11.0 Å². The number of hydrogen-bond donors (Lipinski definition) is 2. The molecule has 0 unspecified atom stereocenters. The van der Waals surface area contributed by atoms with Crippen molar-refractivity contribution in [1.29, 1.82) is 0 Å². The van der Waals surface area contributed by atoms with Crippen molar-refractivity contribution in [2.75, 3.05) is 5.32 Å². The molecular formula is C9H6ClF3N2O2. The average Bonchev–Trinajstić information content (AvgIpc) is 2.19. The van der Waals surface area contributed by atoms with Gasteiger partial charge in [-0.15, -0.1) is 0 Å². The fraction of sp³-hybridized carbons (Fsp3) is 0.111. The van der Waals surface area contributed by atoms with Crippen molar-refractivity contribution < 1.29 is 23.2 Å². The zero-order valence-electron chi connectivity index (χ0n) is 8.12. The second-order valence-electron chi connectivity index (χ2n) is 2.92. The number of oxime groups is 1. The number of rotatable bonds is 2. The Morgan fingerprint density at radius 1 is 1.47 bits per heavy atom. The number of hydrogen-bond acceptors (Lipinski definition) is 3. The standard InChI is InChI=1S/C9H6ClF3N2O2/c10-5-1-2-7(15-8(16)4-14-17)6(3-5)9(11,12)13/h1-4,17H,(H,15,16). The number of nitrogens with one attached hydrogen (secondary N) is 1. The fourth-order valence-corrected chi connectivity index (χ4v) is 1.25. The van der Waals surface area contributed by atoms with Crippen LogP contribution >= 0.6 is 11.6 Å². The number of carbonyl (C=O) groups is 1. The van der Waals surface area contributed by atoms with E-state index >= 15 is 0 Å². The van der Waals surface area contributed by atoms with Crippen LogP contribution in [0.25, 0.3) is 0 Å². The van der Waals surface area contributed by atoms with Gasteiger partial charge >= 0.3 is 6.18 Å². The SMILES string of the molecule is O=C(C=NO)Nc1ccc(Cl)cc1C(F)(F)F. The highest BCUT2D eigenvalue weighted by atomic mass is 35.5. The number of benzene rings is 1. The van der Waals surface area contributed by atoms with E-state index in [-0.39, 0.29) is 5.02 Å². The molecule has 17 heavy (non-hydrogen) atoms. The molecule has 0 aromatic heterocycles. The van der Waals surface area contributed by atoms with Crippen molar-refractivity contribution in [1.82, 2.24) is 0 Å². The maximum atomic E-state index is 12.6. The highest BCUT2D eigenvalue weighted by Gasteiger charge is 2.34. The lowest BCUT2D eigenvalue weighted by molar-refractivity contribution is -0.136. The molecular weight excluding hydrogens is 261 g/mol. The predicted molar refractivity (Wildman–Crippen MR) is 55.4 cm³/mol. The van der Waals surface area contributed by atoms with Crippen molar-refractivity contribution in [2.45, 2.75) is 6.18 Å². The number of alkyl halides is 3. The molecule has 0 atom stereocenters. The first-order valence-corrected chi connectivity index (χ1v) is 4.57. The van der Waals surface area contributed by atoms with Gasteiger partial charge in [0.25, 0.3) is 5.91 Å². The molecule has 1 rings (SSSR count). The first-order valence-electron chi connectivity index (χ1n) is 4.19. The summed E-state index contributed by atoms with van der Waals surface area (Å²) >= 11 is 5.44. The Hall–Kier alpha value is -1.76. The minimum Gasteiger partial charge on any atom is -0.411 e. The molecule has 0 saturated carbocycles. The van der Waals surface area contributed by atoms with Gasteiger partial charge < -0.3 is 10.5 Å². The van der Waals surface area contributed by atoms with Crippen LogP contribution in [0.3, 0.4) is 0 Å². The van der Waals surface area contributed by atoms with Gasteiger partial charge in [-0.25, -0.2) is 0 Å². The van der Waals surface area contributed by atoms with Gasteiger partial charge in [-0.3, -0.25) is 4.79 Å². The van der Waals surface area contributed by atoms with E-state index in [1.54, 1.807) is 0 Å². The summed E-state index contributed by atoms with van der Waals surface area (Å²) in [6, 6.07) is 2.89. The third-order valence-electron chi connectivity index (χ3n) is 1.72. The Labute approximate surface area is 98.7 Å². The Morgan fingerprint density at radius 2 is 2.12 bits per heavy atom. The van der Waals surface area contributed by atoms with Gasteiger partial charge in [-0.1, -0.05) is 16.8 Å². The molecule has 0 heterocycles. The normalized spacial score (nSPS) is 11.8. The third-order valence-corrected chi connectivity index (χ3v) is 1.95. The van der Waals surface area contributed by atoms with Crippen LogP contribution in [0.1, 0.15) is 5.56 Å². The van der Waals surface area contributed by atoms with Crippen molar-refractivity contribution in [2.24, 2.45) is 5.16 Å². The van der Waals surface area contributed by atoms with Crippen LogP contribution in [-0.4, -0.2) is 17.3 Å². The second kappa shape index (κ2) is 5.05. The predicted octanol–water partition coefficient (Wildman–Crippen LogP) is 2.76. The molecule has 0 aliphatic heterocycles. The van der Waals surface area contributed by atoms with Gasteiger partial charge in [0.1, 0.15) is 6.21 Å². The van der Waals surface area contributed by atoms with E-state index in [0.29, 0.717) is 12.3 Å². The van der Waals surface area contributed by atoms with Gasteiger partial charge in [0.05, 0.1) is 11.3 Å². The van der Waals surface area contributed by atoms with E-state index < -0.39 is 23.3 Å². The number of anilines is 1. The van der Waals surface area contributed by atoms with E-state index in [9.17, 15) is 18.0 Å². The molecule has 0 saturated heterocycles. The van der Waals surface area contributed by atoms with E-state index in [0.717, 1.165) is 6.07 Å². The molecule has 0 aliphatic rings. The van der Waals surface area contributed by atoms with Crippen molar-refractivity contribution in [3.8, 4) is 0 Å². The molecule has 0 fully saturated rings. The molecule has 1 aromatic carbocycles. The van der Waals surface area contributed by atoms with E-state index in [4.69, 9.17) is 16.8 Å². The number of carbonyl (C=O) groups excluding carboxylic acids is 1. The zero-order valence-corrected chi connectivity index (χ0v) is 8.88. The van der Waals surface area contributed by atoms with Gasteiger partial charge in [-0.05, 0) is 18.2 Å². The molecule has 92 valence electrons. The number of halogens is 4. The first-order chi connectivity index (χ1) is 7.84. The monoisotopic (exact) mass is 266 g/mol. The smallest absolute Gasteiger partial charge is 0.411 e. The average molecular weight is 267 g/mol. The molecule has 0 aliphatic carbocycles. The van der Waals surface area contributed by atoms with Gasteiger partial charge in [0, 0.05) is 5.02 Å². The summed E-state index contributed by atoms with van der Waals surface area (Å²) in [5, 5.41) is 12.3. The molecule has 0 radical (unpaired) electrons. The van der Waals surface area contributed by atoms with Crippen LogP contribution in [0.15, 0.2) is 23.4 Å². The molecule has 0 bridgehead atoms. The molecule has 1 amide bonds. The van der Waals surface area contributed by atoms with Crippen molar-refractivity contribution in [3.63, 3.8) is 0 Å². The van der Waals surface area contributed by atoms with Crippen LogP contribution in [0.5, 0.6) is 0 Å². The van der Waals surface area contributed by atoms with Crippen LogP contribution in [0.2, 0.25) is 5.02 Å². The summed E-state index contributed by atoms with van der Waals surface area (Å²) in [5.41, 5.74) is -1.54. The first kappa shape index (κ1) is 13.3. The van der Waals surface area contributed by atoms with Crippen LogP contribution in [0, 0.1) is 0 Å². The number of amides is 1. The molecule has 4 nitrogen and oxygen atoms in total. The lowest BCUT2D eigenvalue weighted by atomic mass is 10.1. The van der Waals surface area contributed by atoms with Crippen LogP contribution < -0.4 is 5.32 Å². The number of nitrogens with zero attached hydrogens (tertiary/aromatic N) is 1.